The summed E-state index contributed by atoms with van der Waals surface area (Å²) in [5.74, 6) is 0.228. The first-order valence-corrected chi connectivity index (χ1v) is 7.76. The average molecular weight is 295 g/mol. The molecule has 0 amide bonds. The second-order valence-electron chi connectivity index (χ2n) is 5.72. The van der Waals surface area contributed by atoms with Crippen molar-refractivity contribution < 1.29 is 9.53 Å². The molecular formula is C19H21NO2. The minimum atomic E-state index is -0.271. The lowest BCUT2D eigenvalue weighted by molar-refractivity contribution is -0.123. The summed E-state index contributed by atoms with van der Waals surface area (Å²) in [6.07, 6.45) is 0.280. The monoisotopic (exact) mass is 295 g/mol. The summed E-state index contributed by atoms with van der Waals surface area (Å²) in [4.78, 5) is 14.2. The molecule has 0 saturated carbocycles. The Hall–Kier alpha value is -1.97. The predicted octanol–water partition coefficient (Wildman–Crippen LogP) is 3.05. The van der Waals surface area contributed by atoms with Crippen LogP contribution < -0.4 is 0 Å². The smallest absolute Gasteiger partial charge is 0.165 e. The Bertz CT molecular complexity index is 556. The highest BCUT2D eigenvalue weighted by atomic mass is 16.5. The molecule has 22 heavy (non-hydrogen) atoms. The molecule has 114 valence electrons. The number of ether oxygens (including phenoxy) is 1. The first kappa shape index (κ1) is 14.9. The molecule has 1 aliphatic heterocycles. The second-order valence-corrected chi connectivity index (χ2v) is 5.72. The summed E-state index contributed by atoms with van der Waals surface area (Å²) in [5.41, 5.74) is 2.51. The van der Waals surface area contributed by atoms with Crippen molar-refractivity contribution in [1.29, 1.82) is 0 Å². The number of carbonyl (C=O) groups is 1. The normalized spacial score (nSPS) is 18.0. The first-order valence-electron chi connectivity index (χ1n) is 7.76. The molecule has 1 atom stereocenters. The Kier molecular flexibility index (Phi) is 4.99. The van der Waals surface area contributed by atoms with E-state index in [0.717, 1.165) is 13.1 Å². The van der Waals surface area contributed by atoms with Gasteiger partial charge in [0, 0.05) is 26.1 Å². The largest absolute Gasteiger partial charge is 0.369 e. The lowest BCUT2D eigenvalue weighted by Crippen LogP contribution is -2.34. The van der Waals surface area contributed by atoms with Crippen molar-refractivity contribution in [3.63, 3.8) is 0 Å². The molecule has 1 saturated heterocycles. The number of carbonyl (C=O) groups excluding carboxylic acids is 1. The number of ketones is 1. The van der Waals surface area contributed by atoms with Crippen molar-refractivity contribution in [1.82, 2.24) is 4.90 Å². The van der Waals surface area contributed by atoms with Crippen LogP contribution in [-0.2, 0) is 22.6 Å². The SMILES string of the molecule is O=C1CCOC1CN(Cc1ccccc1)Cc1ccccc1. The minimum absolute atomic E-state index is 0.228. The quantitative estimate of drug-likeness (QED) is 0.820. The van der Waals surface area contributed by atoms with Crippen molar-refractivity contribution in [3.8, 4) is 0 Å². The van der Waals surface area contributed by atoms with Gasteiger partial charge in [0.1, 0.15) is 6.10 Å². The number of Topliss-reactive ketones (excluding diaryl/α,β-unsaturated/α-hetero) is 1. The van der Waals surface area contributed by atoms with E-state index in [1.165, 1.54) is 11.1 Å². The lowest BCUT2D eigenvalue weighted by Gasteiger charge is -2.25. The summed E-state index contributed by atoms with van der Waals surface area (Å²) in [7, 11) is 0. The van der Waals surface area contributed by atoms with Crippen LogP contribution in [0.1, 0.15) is 17.5 Å². The van der Waals surface area contributed by atoms with E-state index in [1.54, 1.807) is 0 Å². The fourth-order valence-corrected chi connectivity index (χ4v) is 2.81. The second kappa shape index (κ2) is 7.34. The van der Waals surface area contributed by atoms with Gasteiger partial charge in [-0.1, -0.05) is 60.7 Å². The van der Waals surface area contributed by atoms with Crippen LogP contribution in [0.25, 0.3) is 0 Å². The fraction of sp³-hybridized carbons (Fsp3) is 0.316. The third-order valence-corrected chi connectivity index (χ3v) is 3.95. The van der Waals surface area contributed by atoms with Crippen LogP contribution in [0.4, 0.5) is 0 Å². The van der Waals surface area contributed by atoms with Gasteiger partial charge in [0.2, 0.25) is 0 Å². The average Bonchev–Trinajstić information content (AvgIpc) is 2.94. The fourth-order valence-electron chi connectivity index (χ4n) is 2.81. The Morgan fingerprint density at radius 1 is 0.909 bits per heavy atom. The molecule has 0 aromatic heterocycles. The molecule has 0 aliphatic carbocycles. The number of hydrogen-bond donors (Lipinski definition) is 0. The molecule has 0 bridgehead atoms. The maximum absolute atomic E-state index is 11.9. The van der Waals surface area contributed by atoms with E-state index < -0.39 is 0 Å². The van der Waals surface area contributed by atoms with Crippen molar-refractivity contribution in [2.45, 2.75) is 25.6 Å². The Morgan fingerprint density at radius 2 is 1.45 bits per heavy atom. The summed E-state index contributed by atoms with van der Waals surface area (Å²) in [6.45, 7) is 2.86. The number of hydrogen-bond acceptors (Lipinski definition) is 3. The summed E-state index contributed by atoms with van der Waals surface area (Å²) in [5, 5.41) is 0. The van der Waals surface area contributed by atoms with E-state index in [-0.39, 0.29) is 11.9 Å². The number of rotatable bonds is 6. The van der Waals surface area contributed by atoms with Crippen LogP contribution in [0.15, 0.2) is 60.7 Å². The molecule has 1 aliphatic rings. The molecule has 2 aromatic carbocycles. The van der Waals surface area contributed by atoms with Crippen LogP contribution in [0.2, 0.25) is 0 Å². The summed E-state index contributed by atoms with van der Waals surface area (Å²) >= 11 is 0. The molecule has 3 nitrogen and oxygen atoms in total. The molecule has 2 aromatic rings. The van der Waals surface area contributed by atoms with Crippen molar-refractivity contribution in [2.75, 3.05) is 13.2 Å². The van der Waals surface area contributed by atoms with Gasteiger partial charge in [-0.05, 0) is 11.1 Å². The Balaban J connectivity index is 1.71. The van der Waals surface area contributed by atoms with Crippen LogP contribution in [0.5, 0.6) is 0 Å². The maximum atomic E-state index is 11.9. The lowest BCUT2D eigenvalue weighted by atomic mass is 10.1. The van der Waals surface area contributed by atoms with Gasteiger partial charge in [-0.2, -0.15) is 0 Å². The van der Waals surface area contributed by atoms with E-state index in [4.69, 9.17) is 4.74 Å². The van der Waals surface area contributed by atoms with E-state index in [0.29, 0.717) is 19.6 Å². The third-order valence-electron chi connectivity index (χ3n) is 3.95. The first-order chi connectivity index (χ1) is 10.8. The van der Waals surface area contributed by atoms with Gasteiger partial charge in [0.25, 0.3) is 0 Å². The summed E-state index contributed by atoms with van der Waals surface area (Å²) < 4.78 is 5.58. The minimum Gasteiger partial charge on any atom is -0.369 e. The maximum Gasteiger partial charge on any atom is 0.165 e. The Morgan fingerprint density at radius 3 is 1.91 bits per heavy atom. The van der Waals surface area contributed by atoms with Crippen molar-refractivity contribution in [2.24, 2.45) is 0 Å². The molecule has 1 fully saturated rings. The molecule has 0 spiro atoms. The zero-order chi connectivity index (χ0) is 15.2. The van der Waals surface area contributed by atoms with Gasteiger partial charge in [0.05, 0.1) is 6.61 Å². The molecule has 1 heterocycles. The van der Waals surface area contributed by atoms with Crippen molar-refractivity contribution in [3.05, 3.63) is 71.8 Å². The third kappa shape index (κ3) is 4.03. The van der Waals surface area contributed by atoms with E-state index >= 15 is 0 Å². The Labute approximate surface area is 131 Å². The van der Waals surface area contributed by atoms with Gasteiger partial charge in [-0.25, -0.2) is 0 Å². The van der Waals surface area contributed by atoms with E-state index in [1.807, 2.05) is 36.4 Å². The molecule has 0 N–H and O–H groups in total. The zero-order valence-electron chi connectivity index (χ0n) is 12.7. The van der Waals surface area contributed by atoms with Crippen LogP contribution in [0, 0.1) is 0 Å². The molecular weight excluding hydrogens is 274 g/mol. The van der Waals surface area contributed by atoms with Crippen LogP contribution in [0.3, 0.4) is 0 Å². The van der Waals surface area contributed by atoms with Crippen LogP contribution >= 0.6 is 0 Å². The molecule has 3 heteroatoms. The van der Waals surface area contributed by atoms with Gasteiger partial charge in [-0.15, -0.1) is 0 Å². The predicted molar refractivity (Wildman–Crippen MR) is 86.4 cm³/mol. The van der Waals surface area contributed by atoms with Crippen LogP contribution in [-0.4, -0.2) is 29.9 Å². The van der Waals surface area contributed by atoms with Crippen molar-refractivity contribution >= 4 is 5.78 Å². The molecule has 1 unspecified atom stereocenters. The molecule has 3 rings (SSSR count). The topological polar surface area (TPSA) is 29.5 Å². The van der Waals surface area contributed by atoms with Gasteiger partial charge < -0.3 is 4.74 Å². The molecule has 0 radical (unpaired) electrons. The highest BCUT2D eigenvalue weighted by molar-refractivity contribution is 5.84. The van der Waals surface area contributed by atoms with Gasteiger partial charge in [0.15, 0.2) is 5.78 Å². The van der Waals surface area contributed by atoms with Gasteiger partial charge >= 0.3 is 0 Å². The highest BCUT2D eigenvalue weighted by Gasteiger charge is 2.27. The van der Waals surface area contributed by atoms with E-state index in [2.05, 4.69) is 29.2 Å². The highest BCUT2D eigenvalue weighted by Crippen LogP contribution is 2.15. The zero-order valence-corrected chi connectivity index (χ0v) is 12.7. The number of benzene rings is 2. The number of nitrogens with zero attached hydrogens (tertiary/aromatic N) is 1. The standard InChI is InChI=1S/C19H21NO2/c21-18-11-12-22-19(18)15-20(13-16-7-3-1-4-8-16)14-17-9-5-2-6-10-17/h1-10,19H,11-15H2. The summed E-state index contributed by atoms with van der Waals surface area (Å²) in [6, 6.07) is 20.7. The van der Waals surface area contributed by atoms with Gasteiger partial charge in [-0.3, -0.25) is 9.69 Å². The van der Waals surface area contributed by atoms with E-state index in [9.17, 15) is 4.79 Å².